The smallest absolute Gasteiger partial charge is 0.319 e. The van der Waals surface area contributed by atoms with Gasteiger partial charge < -0.3 is 21.1 Å². The molecular weight excluding hydrogens is 268 g/mol. The summed E-state index contributed by atoms with van der Waals surface area (Å²) in [5.74, 6) is 4.89. The lowest BCUT2D eigenvalue weighted by atomic mass is 10.5. The maximum Gasteiger partial charge on any atom is 0.319 e. The van der Waals surface area contributed by atoms with Crippen LogP contribution in [0.5, 0.6) is 0 Å². The Kier molecular flexibility index (Phi) is 4.27. The molecule has 0 unspecified atom stereocenters. The standard InChI is InChI=1S/C10H14N6O4/c11-3-7(17)20-2-1-19-6-15-4-13-8-9(15)14-5-16(12)10(8)18/h4-5H,1-3,6,11-12H2. The molecule has 2 heterocycles. The van der Waals surface area contributed by atoms with Gasteiger partial charge in [0.05, 0.1) is 19.5 Å². The summed E-state index contributed by atoms with van der Waals surface area (Å²) in [6.07, 6.45) is 2.62. The number of nitrogens with zero attached hydrogens (tertiary/aromatic N) is 4. The number of hydrogen-bond acceptors (Lipinski definition) is 8. The lowest BCUT2D eigenvalue weighted by Crippen LogP contribution is -2.27. The lowest BCUT2D eigenvalue weighted by Gasteiger charge is -2.06. The van der Waals surface area contributed by atoms with E-state index in [1.807, 2.05) is 0 Å². The van der Waals surface area contributed by atoms with Crippen LogP contribution in [0.3, 0.4) is 0 Å². The van der Waals surface area contributed by atoms with Gasteiger partial charge in [0.2, 0.25) is 0 Å². The van der Waals surface area contributed by atoms with E-state index >= 15 is 0 Å². The maximum absolute atomic E-state index is 11.6. The van der Waals surface area contributed by atoms with Crippen molar-refractivity contribution < 1.29 is 14.3 Å². The molecule has 0 aliphatic carbocycles. The van der Waals surface area contributed by atoms with E-state index in [0.29, 0.717) is 5.65 Å². The van der Waals surface area contributed by atoms with Gasteiger partial charge in [0.15, 0.2) is 11.2 Å². The third-order valence-electron chi connectivity index (χ3n) is 2.44. The fourth-order valence-electron chi connectivity index (χ4n) is 1.48. The van der Waals surface area contributed by atoms with E-state index in [0.717, 1.165) is 4.68 Å². The summed E-state index contributed by atoms with van der Waals surface area (Å²) in [5.41, 5.74) is 5.17. The molecule has 0 aliphatic rings. The van der Waals surface area contributed by atoms with Crippen molar-refractivity contribution in [1.82, 2.24) is 19.2 Å². The van der Waals surface area contributed by atoms with E-state index in [1.54, 1.807) is 4.57 Å². The summed E-state index contributed by atoms with van der Waals surface area (Å²) in [6.45, 7) is 0.254. The monoisotopic (exact) mass is 282 g/mol. The highest BCUT2D eigenvalue weighted by Gasteiger charge is 2.09. The minimum absolute atomic E-state index is 0.103. The zero-order valence-electron chi connectivity index (χ0n) is 10.6. The number of carbonyl (C=O) groups is 1. The third kappa shape index (κ3) is 2.92. The average molecular weight is 282 g/mol. The predicted molar refractivity (Wildman–Crippen MR) is 67.9 cm³/mol. The number of imidazole rings is 1. The number of rotatable bonds is 6. The van der Waals surface area contributed by atoms with E-state index in [2.05, 4.69) is 9.97 Å². The van der Waals surface area contributed by atoms with Crippen molar-refractivity contribution in [2.75, 3.05) is 25.6 Å². The van der Waals surface area contributed by atoms with Crippen LogP contribution in [0.2, 0.25) is 0 Å². The summed E-state index contributed by atoms with van der Waals surface area (Å²) in [4.78, 5) is 30.3. The SMILES string of the molecule is NCC(=O)OCCOCn1cnc2c(=O)n(N)cnc21. The number of nitrogens with two attached hydrogens (primary N) is 2. The number of fused-ring (bicyclic) bond motifs is 1. The molecule has 0 spiro atoms. The van der Waals surface area contributed by atoms with Gasteiger partial charge in [-0.3, -0.25) is 14.2 Å². The molecule has 0 aromatic carbocycles. The molecule has 108 valence electrons. The predicted octanol–water partition coefficient (Wildman–Crippen LogP) is -2.22. The molecule has 20 heavy (non-hydrogen) atoms. The topological polar surface area (TPSA) is 140 Å². The average Bonchev–Trinajstić information content (AvgIpc) is 2.86. The number of hydrogen-bond donors (Lipinski definition) is 2. The van der Waals surface area contributed by atoms with E-state index < -0.39 is 11.5 Å². The number of ether oxygens (including phenoxy) is 2. The Balaban J connectivity index is 1.93. The minimum Gasteiger partial charge on any atom is -0.462 e. The Labute approximate surface area is 112 Å². The Bertz CT molecular complexity index is 663. The van der Waals surface area contributed by atoms with Gasteiger partial charge in [0, 0.05) is 0 Å². The summed E-state index contributed by atoms with van der Waals surface area (Å²) < 4.78 is 12.4. The van der Waals surface area contributed by atoms with Gasteiger partial charge in [0.25, 0.3) is 5.56 Å². The second-order valence-electron chi connectivity index (χ2n) is 3.81. The van der Waals surface area contributed by atoms with Gasteiger partial charge in [-0.25, -0.2) is 14.6 Å². The van der Waals surface area contributed by atoms with E-state index in [-0.39, 0.29) is 32.0 Å². The summed E-state index contributed by atoms with van der Waals surface area (Å²) in [6, 6.07) is 0. The Hall–Kier alpha value is -2.46. The second-order valence-corrected chi connectivity index (χ2v) is 3.81. The van der Waals surface area contributed by atoms with Gasteiger partial charge in [-0.1, -0.05) is 0 Å². The van der Waals surface area contributed by atoms with Crippen molar-refractivity contribution in [2.45, 2.75) is 6.73 Å². The van der Waals surface area contributed by atoms with Gasteiger partial charge in [-0.15, -0.1) is 0 Å². The first-order valence-electron chi connectivity index (χ1n) is 5.74. The highest BCUT2D eigenvalue weighted by molar-refractivity contribution is 5.71. The number of aromatic nitrogens is 4. The Morgan fingerprint density at radius 1 is 1.30 bits per heavy atom. The lowest BCUT2D eigenvalue weighted by molar-refractivity contribution is -0.143. The number of nitrogen functional groups attached to an aromatic ring is 1. The molecule has 10 nitrogen and oxygen atoms in total. The summed E-state index contributed by atoms with van der Waals surface area (Å²) in [5, 5.41) is 0. The molecule has 10 heteroatoms. The molecule has 2 rings (SSSR count). The summed E-state index contributed by atoms with van der Waals surface area (Å²) >= 11 is 0. The summed E-state index contributed by atoms with van der Waals surface area (Å²) in [7, 11) is 0. The molecule has 0 bridgehead atoms. The van der Waals surface area contributed by atoms with Gasteiger partial charge in [-0.2, -0.15) is 0 Å². The van der Waals surface area contributed by atoms with Crippen LogP contribution in [0.4, 0.5) is 0 Å². The molecule has 2 aromatic heterocycles. The first-order valence-corrected chi connectivity index (χ1v) is 5.74. The van der Waals surface area contributed by atoms with Crippen LogP contribution in [-0.2, 0) is 21.0 Å². The molecule has 4 N–H and O–H groups in total. The number of carbonyl (C=O) groups excluding carboxylic acids is 1. The quantitative estimate of drug-likeness (QED) is 0.345. The molecule has 0 amide bonds. The van der Waals surface area contributed by atoms with Crippen molar-refractivity contribution in [3.63, 3.8) is 0 Å². The fraction of sp³-hybridized carbons (Fsp3) is 0.400. The minimum atomic E-state index is -0.494. The van der Waals surface area contributed by atoms with Crippen LogP contribution < -0.4 is 17.1 Å². The molecule has 2 aromatic rings. The van der Waals surface area contributed by atoms with Crippen molar-refractivity contribution in [3.8, 4) is 0 Å². The van der Waals surface area contributed by atoms with Gasteiger partial charge >= 0.3 is 5.97 Å². The molecule has 0 saturated heterocycles. The van der Waals surface area contributed by atoms with Gasteiger partial charge in [-0.05, 0) is 0 Å². The third-order valence-corrected chi connectivity index (χ3v) is 2.44. The number of esters is 1. The normalized spacial score (nSPS) is 10.8. The molecular formula is C10H14N6O4. The van der Waals surface area contributed by atoms with Crippen LogP contribution in [0, 0.1) is 0 Å². The van der Waals surface area contributed by atoms with Crippen LogP contribution in [-0.4, -0.2) is 44.9 Å². The first kappa shape index (κ1) is 14.0. The largest absolute Gasteiger partial charge is 0.462 e. The van der Waals surface area contributed by atoms with Gasteiger partial charge in [0.1, 0.15) is 19.7 Å². The first-order chi connectivity index (χ1) is 9.63. The van der Waals surface area contributed by atoms with Crippen molar-refractivity contribution in [1.29, 1.82) is 0 Å². The van der Waals surface area contributed by atoms with Crippen LogP contribution in [0.1, 0.15) is 0 Å². The van der Waals surface area contributed by atoms with Crippen molar-refractivity contribution >= 4 is 17.1 Å². The Morgan fingerprint density at radius 2 is 2.10 bits per heavy atom. The zero-order chi connectivity index (χ0) is 14.5. The highest BCUT2D eigenvalue weighted by atomic mass is 16.6. The highest BCUT2D eigenvalue weighted by Crippen LogP contribution is 2.04. The molecule has 0 saturated carbocycles. The molecule has 0 radical (unpaired) electrons. The van der Waals surface area contributed by atoms with E-state index in [1.165, 1.54) is 12.7 Å². The molecule has 0 fully saturated rings. The zero-order valence-corrected chi connectivity index (χ0v) is 10.6. The fourth-order valence-corrected chi connectivity index (χ4v) is 1.48. The van der Waals surface area contributed by atoms with Crippen LogP contribution >= 0.6 is 0 Å². The Morgan fingerprint density at radius 3 is 2.85 bits per heavy atom. The molecule has 0 aliphatic heterocycles. The maximum atomic E-state index is 11.6. The van der Waals surface area contributed by atoms with Crippen molar-refractivity contribution in [3.05, 3.63) is 23.0 Å². The van der Waals surface area contributed by atoms with E-state index in [9.17, 15) is 9.59 Å². The van der Waals surface area contributed by atoms with E-state index in [4.69, 9.17) is 21.1 Å². The van der Waals surface area contributed by atoms with Crippen LogP contribution in [0.25, 0.3) is 11.2 Å². The molecule has 0 atom stereocenters. The second kappa shape index (κ2) is 6.12. The van der Waals surface area contributed by atoms with Crippen LogP contribution in [0.15, 0.2) is 17.4 Å². The van der Waals surface area contributed by atoms with Crippen molar-refractivity contribution in [2.24, 2.45) is 5.73 Å².